The van der Waals surface area contributed by atoms with Crippen molar-refractivity contribution >= 4 is 0 Å². The first-order valence-electron chi connectivity index (χ1n) is 5.27. The minimum Gasteiger partial charge on any atom is -0.313 e. The summed E-state index contributed by atoms with van der Waals surface area (Å²) in [6, 6.07) is 2.63. The van der Waals surface area contributed by atoms with Crippen molar-refractivity contribution in [2.24, 2.45) is 5.92 Å². The first kappa shape index (κ1) is 11.2. The highest BCUT2D eigenvalue weighted by molar-refractivity contribution is 5.20. The summed E-state index contributed by atoms with van der Waals surface area (Å²) >= 11 is 0. The predicted octanol–water partition coefficient (Wildman–Crippen LogP) is 2.70. The van der Waals surface area contributed by atoms with Crippen LogP contribution in [-0.2, 0) is 0 Å². The third-order valence-corrected chi connectivity index (χ3v) is 2.78. The second-order valence-corrected chi connectivity index (χ2v) is 3.95. The zero-order chi connectivity index (χ0) is 10.6. The summed E-state index contributed by atoms with van der Waals surface area (Å²) in [7, 11) is 2.01. The molecular weight excluding hydrogens is 172 g/mol. The number of hydrogen-bond donors (Lipinski definition) is 1. The molecule has 0 saturated heterocycles. The van der Waals surface area contributed by atoms with E-state index in [1.54, 1.807) is 0 Å². The molecule has 0 aliphatic heterocycles. The van der Waals surface area contributed by atoms with Crippen LogP contribution in [0.1, 0.15) is 37.4 Å². The topological polar surface area (TPSA) is 24.9 Å². The predicted molar refractivity (Wildman–Crippen MR) is 60.2 cm³/mol. The average Bonchev–Trinajstić information content (AvgIpc) is 2.19. The minimum atomic E-state index is 0.424. The van der Waals surface area contributed by atoms with Crippen molar-refractivity contribution in [2.75, 3.05) is 7.05 Å². The molecule has 2 nitrogen and oxygen atoms in total. The molecule has 1 aromatic heterocycles. The molecule has 1 heterocycles. The lowest BCUT2D eigenvalue weighted by atomic mass is 9.93. The van der Waals surface area contributed by atoms with Gasteiger partial charge in [-0.1, -0.05) is 26.3 Å². The van der Waals surface area contributed by atoms with Gasteiger partial charge in [0, 0.05) is 18.4 Å². The number of nitrogens with one attached hydrogen (secondary N) is 1. The number of aromatic nitrogens is 1. The van der Waals surface area contributed by atoms with Crippen LogP contribution < -0.4 is 5.32 Å². The molecule has 2 atom stereocenters. The smallest absolute Gasteiger partial charge is 0.0358 e. The Balaban J connectivity index is 2.89. The summed E-state index contributed by atoms with van der Waals surface area (Å²) in [5, 5.41) is 3.36. The average molecular weight is 192 g/mol. The Morgan fingerprint density at radius 2 is 2.14 bits per heavy atom. The van der Waals surface area contributed by atoms with Gasteiger partial charge in [0.2, 0.25) is 0 Å². The van der Waals surface area contributed by atoms with Crippen molar-refractivity contribution in [3.05, 3.63) is 29.6 Å². The normalized spacial score (nSPS) is 15.1. The first-order chi connectivity index (χ1) is 6.69. The Bertz CT molecular complexity index is 283. The van der Waals surface area contributed by atoms with E-state index in [1.165, 1.54) is 17.5 Å². The molecule has 0 saturated carbocycles. The molecule has 0 aromatic carbocycles. The van der Waals surface area contributed by atoms with Gasteiger partial charge in [-0.2, -0.15) is 0 Å². The number of nitrogens with zero attached hydrogens (tertiary/aromatic N) is 1. The molecule has 0 bridgehead atoms. The molecule has 14 heavy (non-hydrogen) atoms. The highest BCUT2D eigenvalue weighted by Crippen LogP contribution is 2.23. The Hall–Kier alpha value is -0.890. The van der Waals surface area contributed by atoms with E-state index < -0.39 is 0 Å². The zero-order valence-corrected chi connectivity index (χ0v) is 9.54. The molecule has 0 amide bonds. The van der Waals surface area contributed by atoms with E-state index >= 15 is 0 Å². The Morgan fingerprint density at radius 1 is 1.43 bits per heavy atom. The second kappa shape index (κ2) is 5.11. The van der Waals surface area contributed by atoms with E-state index in [0.29, 0.717) is 12.0 Å². The largest absolute Gasteiger partial charge is 0.313 e. The van der Waals surface area contributed by atoms with Gasteiger partial charge in [-0.3, -0.25) is 4.98 Å². The maximum Gasteiger partial charge on any atom is 0.0358 e. The molecule has 0 fully saturated rings. The van der Waals surface area contributed by atoms with Crippen LogP contribution in [0.3, 0.4) is 0 Å². The van der Waals surface area contributed by atoms with Crippen molar-refractivity contribution in [1.29, 1.82) is 0 Å². The van der Waals surface area contributed by atoms with Crippen LogP contribution in [0.5, 0.6) is 0 Å². The molecule has 2 unspecified atom stereocenters. The lowest BCUT2D eigenvalue weighted by Gasteiger charge is -2.22. The zero-order valence-electron chi connectivity index (χ0n) is 9.54. The lowest BCUT2D eigenvalue weighted by molar-refractivity contribution is 0.399. The lowest BCUT2D eigenvalue weighted by Crippen LogP contribution is -2.23. The Kier molecular flexibility index (Phi) is 4.08. The highest BCUT2D eigenvalue weighted by Gasteiger charge is 2.15. The van der Waals surface area contributed by atoms with Gasteiger partial charge in [-0.15, -0.1) is 0 Å². The summed E-state index contributed by atoms with van der Waals surface area (Å²) in [5.41, 5.74) is 2.52. The van der Waals surface area contributed by atoms with E-state index in [9.17, 15) is 0 Å². The molecule has 0 aliphatic rings. The van der Waals surface area contributed by atoms with Crippen LogP contribution >= 0.6 is 0 Å². The molecule has 1 N–H and O–H groups in total. The maximum absolute atomic E-state index is 4.23. The molecular formula is C12H20N2. The summed E-state index contributed by atoms with van der Waals surface area (Å²) in [4.78, 5) is 4.23. The quantitative estimate of drug-likeness (QED) is 0.793. The van der Waals surface area contributed by atoms with Gasteiger partial charge in [0.05, 0.1) is 0 Å². The third-order valence-electron chi connectivity index (χ3n) is 2.78. The Morgan fingerprint density at radius 3 is 2.64 bits per heavy atom. The summed E-state index contributed by atoms with van der Waals surface area (Å²) in [6.45, 7) is 6.57. The van der Waals surface area contributed by atoms with E-state index in [1.807, 2.05) is 19.4 Å². The van der Waals surface area contributed by atoms with Crippen LogP contribution in [0.4, 0.5) is 0 Å². The van der Waals surface area contributed by atoms with Gasteiger partial charge in [0.1, 0.15) is 0 Å². The molecule has 78 valence electrons. The summed E-state index contributed by atoms with van der Waals surface area (Å²) in [5.74, 6) is 0.642. The van der Waals surface area contributed by atoms with Gasteiger partial charge >= 0.3 is 0 Å². The van der Waals surface area contributed by atoms with Crippen molar-refractivity contribution in [3.63, 3.8) is 0 Å². The monoisotopic (exact) mass is 192 g/mol. The van der Waals surface area contributed by atoms with Crippen molar-refractivity contribution in [3.8, 4) is 0 Å². The summed E-state index contributed by atoms with van der Waals surface area (Å²) in [6.07, 6.45) is 5.03. The minimum absolute atomic E-state index is 0.424. The van der Waals surface area contributed by atoms with Gasteiger partial charge in [-0.05, 0) is 31.0 Å². The SMILES string of the molecule is CCC(C)C(NC)c1cncc(C)c1. The Labute approximate surface area is 86.8 Å². The number of rotatable bonds is 4. The van der Waals surface area contributed by atoms with Crippen LogP contribution in [-0.4, -0.2) is 12.0 Å². The molecule has 1 rings (SSSR count). The van der Waals surface area contributed by atoms with E-state index in [-0.39, 0.29) is 0 Å². The van der Waals surface area contributed by atoms with Crippen molar-refractivity contribution < 1.29 is 0 Å². The molecule has 2 heteroatoms. The number of hydrogen-bond acceptors (Lipinski definition) is 2. The van der Waals surface area contributed by atoms with Crippen molar-refractivity contribution in [1.82, 2.24) is 10.3 Å². The van der Waals surface area contributed by atoms with Crippen molar-refractivity contribution in [2.45, 2.75) is 33.2 Å². The molecule has 1 aromatic rings. The van der Waals surface area contributed by atoms with Gasteiger partial charge in [-0.25, -0.2) is 0 Å². The van der Waals surface area contributed by atoms with Crippen LogP contribution in [0.15, 0.2) is 18.5 Å². The van der Waals surface area contributed by atoms with Crippen LogP contribution in [0, 0.1) is 12.8 Å². The third kappa shape index (κ3) is 2.55. The summed E-state index contributed by atoms with van der Waals surface area (Å²) < 4.78 is 0. The van der Waals surface area contributed by atoms with Gasteiger partial charge < -0.3 is 5.32 Å². The van der Waals surface area contributed by atoms with Gasteiger partial charge in [0.25, 0.3) is 0 Å². The van der Waals surface area contributed by atoms with Crippen LogP contribution in [0.25, 0.3) is 0 Å². The second-order valence-electron chi connectivity index (χ2n) is 3.95. The van der Waals surface area contributed by atoms with Crippen LogP contribution in [0.2, 0.25) is 0 Å². The number of aryl methyl sites for hydroxylation is 1. The van der Waals surface area contributed by atoms with Gasteiger partial charge in [0.15, 0.2) is 0 Å². The number of pyridine rings is 1. The standard InChI is InChI=1S/C12H20N2/c1-5-10(3)12(13-4)11-6-9(2)7-14-8-11/h6-8,10,12-13H,5H2,1-4H3. The maximum atomic E-state index is 4.23. The van der Waals surface area contributed by atoms with E-state index in [0.717, 1.165) is 0 Å². The van der Waals surface area contributed by atoms with E-state index in [2.05, 4.69) is 37.1 Å². The highest BCUT2D eigenvalue weighted by atomic mass is 14.9. The molecule has 0 radical (unpaired) electrons. The molecule has 0 spiro atoms. The molecule has 0 aliphatic carbocycles. The fourth-order valence-corrected chi connectivity index (χ4v) is 1.76. The fraction of sp³-hybridized carbons (Fsp3) is 0.583. The van der Waals surface area contributed by atoms with E-state index in [4.69, 9.17) is 0 Å². The fourth-order valence-electron chi connectivity index (χ4n) is 1.76. The first-order valence-corrected chi connectivity index (χ1v) is 5.27.